The van der Waals surface area contributed by atoms with E-state index in [9.17, 15) is 14.4 Å². The lowest BCUT2D eigenvalue weighted by Gasteiger charge is -2.38. The number of carboxylic acid groups (broad SMARTS) is 1. The Kier molecular flexibility index (Phi) is 7.01. The fraction of sp³-hybridized carbons (Fsp3) is 0.812. The highest BCUT2D eigenvalue weighted by molar-refractivity contribution is 6.74. The summed E-state index contributed by atoms with van der Waals surface area (Å²) < 4.78 is 5.97. The van der Waals surface area contributed by atoms with E-state index in [2.05, 4.69) is 50.0 Å². The second-order valence-electron chi connectivity index (χ2n) is 8.25. The van der Waals surface area contributed by atoms with E-state index in [1.54, 1.807) is 6.92 Å². The molecule has 3 amide bonds. The second kappa shape index (κ2) is 8.18. The Labute approximate surface area is 150 Å². The van der Waals surface area contributed by atoms with E-state index >= 15 is 0 Å². The van der Waals surface area contributed by atoms with Crippen molar-refractivity contribution in [3.8, 4) is 0 Å². The summed E-state index contributed by atoms with van der Waals surface area (Å²) in [5.74, 6) is -0.529. The Morgan fingerprint density at radius 2 is 1.76 bits per heavy atom. The van der Waals surface area contributed by atoms with Crippen LogP contribution in [0.2, 0.25) is 18.1 Å². The lowest BCUT2D eigenvalue weighted by atomic mass is 9.78. The Balaban J connectivity index is 2.29. The summed E-state index contributed by atoms with van der Waals surface area (Å²) in [5.41, 5.74) is 4.81. The van der Waals surface area contributed by atoms with Crippen LogP contribution in [-0.4, -0.2) is 43.5 Å². The van der Waals surface area contributed by atoms with Crippen LogP contribution in [-0.2, 0) is 14.0 Å². The largest absolute Gasteiger partial charge is 0.465 e. The van der Waals surface area contributed by atoms with Crippen molar-refractivity contribution in [2.45, 2.75) is 77.2 Å². The lowest BCUT2D eigenvalue weighted by molar-refractivity contribution is -0.133. The summed E-state index contributed by atoms with van der Waals surface area (Å²) in [5, 5.41) is 11.0. The Morgan fingerprint density at radius 1 is 1.20 bits per heavy atom. The second-order valence-corrected chi connectivity index (χ2v) is 13.0. The van der Waals surface area contributed by atoms with Crippen molar-refractivity contribution >= 4 is 26.2 Å². The molecule has 0 aromatic carbocycles. The molecule has 1 rings (SSSR count). The topological polar surface area (TPSA) is 117 Å². The number of hydrazine groups is 1. The summed E-state index contributed by atoms with van der Waals surface area (Å²) in [6.45, 7) is 12.1. The minimum absolute atomic E-state index is 0.00443. The van der Waals surface area contributed by atoms with Crippen LogP contribution in [0.4, 0.5) is 4.79 Å². The van der Waals surface area contributed by atoms with Crippen molar-refractivity contribution in [2.24, 2.45) is 5.92 Å². The number of hydrogen-bond acceptors (Lipinski definition) is 4. The van der Waals surface area contributed by atoms with E-state index in [4.69, 9.17) is 9.53 Å². The van der Waals surface area contributed by atoms with Gasteiger partial charge in [-0.15, -0.1) is 0 Å². The molecule has 1 aliphatic rings. The molecular weight excluding hydrogens is 342 g/mol. The molecule has 1 atom stereocenters. The van der Waals surface area contributed by atoms with Gasteiger partial charge in [0.05, 0.1) is 0 Å². The van der Waals surface area contributed by atoms with Gasteiger partial charge in [0, 0.05) is 12.5 Å². The highest BCUT2D eigenvalue weighted by atomic mass is 28.4. The van der Waals surface area contributed by atoms with Crippen molar-refractivity contribution in [3.63, 3.8) is 0 Å². The van der Waals surface area contributed by atoms with Crippen LogP contribution in [0.25, 0.3) is 0 Å². The fourth-order valence-corrected chi connectivity index (χ4v) is 3.76. The number of carbonyl (C=O) groups excluding carboxylic acids is 2. The van der Waals surface area contributed by atoms with Crippen molar-refractivity contribution < 1.29 is 23.9 Å². The molecule has 25 heavy (non-hydrogen) atoms. The average molecular weight is 374 g/mol. The minimum atomic E-state index is -2.06. The Hall–Kier alpha value is -1.61. The molecule has 4 N–H and O–H groups in total. The molecule has 0 saturated heterocycles. The number of carbonyl (C=O) groups is 3. The van der Waals surface area contributed by atoms with E-state index in [1.165, 1.54) is 0 Å². The maximum absolute atomic E-state index is 12.1. The van der Waals surface area contributed by atoms with Gasteiger partial charge in [-0.05, 0) is 43.8 Å². The van der Waals surface area contributed by atoms with Crippen LogP contribution in [0.1, 0.15) is 47.0 Å². The van der Waals surface area contributed by atoms with Gasteiger partial charge in [-0.3, -0.25) is 20.4 Å². The van der Waals surface area contributed by atoms with Gasteiger partial charge in [-0.2, -0.15) is 0 Å². The molecule has 0 unspecified atom stereocenters. The fourth-order valence-electron chi connectivity index (χ4n) is 2.41. The lowest BCUT2D eigenvalue weighted by Crippen LogP contribution is -2.52. The monoisotopic (exact) mass is 373 g/mol. The molecule has 1 aliphatic carbocycles. The van der Waals surface area contributed by atoms with Gasteiger partial charge >= 0.3 is 6.09 Å². The zero-order chi connectivity index (χ0) is 19.4. The summed E-state index contributed by atoms with van der Waals surface area (Å²) >= 11 is 0. The first kappa shape index (κ1) is 21.4. The third kappa shape index (κ3) is 6.66. The smallest absolute Gasteiger partial charge is 0.404 e. The average Bonchev–Trinajstić information content (AvgIpc) is 2.40. The zero-order valence-electron chi connectivity index (χ0n) is 15.9. The maximum atomic E-state index is 12.1. The summed E-state index contributed by atoms with van der Waals surface area (Å²) in [6.07, 6.45) is -0.156. The molecule has 1 saturated carbocycles. The molecule has 1 fully saturated rings. The molecule has 8 nitrogen and oxygen atoms in total. The van der Waals surface area contributed by atoms with Gasteiger partial charge in [0.25, 0.3) is 5.91 Å². The van der Waals surface area contributed by atoms with E-state index in [0.717, 1.165) is 0 Å². The Morgan fingerprint density at radius 3 is 2.24 bits per heavy atom. The summed E-state index contributed by atoms with van der Waals surface area (Å²) in [7, 11) is -2.06. The highest BCUT2D eigenvalue weighted by Crippen LogP contribution is 2.37. The first-order valence-corrected chi connectivity index (χ1v) is 11.5. The molecule has 0 bridgehead atoms. The van der Waals surface area contributed by atoms with E-state index in [-0.39, 0.29) is 35.2 Å². The number of hydrogen-bond donors (Lipinski definition) is 4. The van der Waals surface area contributed by atoms with Crippen molar-refractivity contribution in [1.82, 2.24) is 16.2 Å². The molecule has 0 radical (unpaired) electrons. The number of amides is 3. The quantitative estimate of drug-likeness (QED) is 0.419. The van der Waals surface area contributed by atoms with Crippen LogP contribution in [0.5, 0.6) is 0 Å². The van der Waals surface area contributed by atoms with Crippen molar-refractivity contribution in [1.29, 1.82) is 0 Å². The van der Waals surface area contributed by atoms with Gasteiger partial charge < -0.3 is 14.8 Å². The first-order chi connectivity index (χ1) is 11.3. The third-order valence-corrected chi connectivity index (χ3v) is 9.56. The first-order valence-electron chi connectivity index (χ1n) is 8.58. The van der Waals surface area contributed by atoms with Gasteiger partial charge in [-0.25, -0.2) is 4.79 Å². The van der Waals surface area contributed by atoms with Gasteiger partial charge in [-0.1, -0.05) is 20.8 Å². The number of nitrogens with one attached hydrogen (secondary N) is 3. The summed E-state index contributed by atoms with van der Waals surface area (Å²) in [4.78, 5) is 34.4. The van der Waals surface area contributed by atoms with Gasteiger partial charge in [0.2, 0.25) is 5.91 Å². The Bertz CT molecular complexity index is 512. The van der Waals surface area contributed by atoms with E-state index in [1.807, 2.05) is 0 Å². The van der Waals surface area contributed by atoms with Crippen LogP contribution in [0.15, 0.2) is 0 Å². The zero-order valence-corrected chi connectivity index (χ0v) is 16.9. The SMILES string of the molecule is C[C@@H](O[Si](C)(C)C(C)(C)C)C(=O)NNC(=O)CC1CC(NC(=O)O)C1. The normalized spacial score (nSPS) is 21.7. The molecule has 0 aliphatic heterocycles. The number of rotatable bonds is 6. The van der Waals surface area contributed by atoms with Crippen LogP contribution in [0.3, 0.4) is 0 Å². The van der Waals surface area contributed by atoms with Gasteiger partial charge in [0.1, 0.15) is 6.10 Å². The predicted molar refractivity (Wildman–Crippen MR) is 96.3 cm³/mol. The van der Waals surface area contributed by atoms with E-state index in [0.29, 0.717) is 12.8 Å². The predicted octanol–water partition coefficient (Wildman–Crippen LogP) is 1.98. The molecule has 144 valence electrons. The van der Waals surface area contributed by atoms with Crippen molar-refractivity contribution in [2.75, 3.05) is 0 Å². The summed E-state index contributed by atoms with van der Waals surface area (Å²) in [6, 6.07) is -0.0806. The maximum Gasteiger partial charge on any atom is 0.404 e. The standard InChI is InChI=1S/C16H31N3O5Si/c1-10(24-25(5,6)16(2,3)4)14(21)19-18-13(20)9-11-7-12(8-11)17-15(22)23/h10-12,17H,7-9H2,1-6H3,(H,18,20)(H,19,21)(H,22,23)/t10-,11?,12?/m1/s1. The molecular formula is C16H31N3O5Si. The van der Waals surface area contributed by atoms with Crippen LogP contribution in [0, 0.1) is 5.92 Å². The molecule has 0 heterocycles. The van der Waals surface area contributed by atoms with Crippen LogP contribution < -0.4 is 16.2 Å². The molecule has 0 aromatic heterocycles. The minimum Gasteiger partial charge on any atom is -0.465 e. The molecule has 0 spiro atoms. The third-order valence-electron chi connectivity index (χ3n) is 5.01. The van der Waals surface area contributed by atoms with Gasteiger partial charge in [0.15, 0.2) is 8.32 Å². The van der Waals surface area contributed by atoms with E-state index < -0.39 is 20.5 Å². The van der Waals surface area contributed by atoms with Crippen LogP contribution >= 0.6 is 0 Å². The molecule has 0 aromatic rings. The van der Waals surface area contributed by atoms with Crippen molar-refractivity contribution in [3.05, 3.63) is 0 Å². The highest BCUT2D eigenvalue weighted by Gasteiger charge is 2.39. The molecule has 9 heteroatoms.